The summed E-state index contributed by atoms with van der Waals surface area (Å²) in [5.74, 6) is -0.0538. The Hall–Kier alpha value is -3.62. The summed E-state index contributed by atoms with van der Waals surface area (Å²) in [6.45, 7) is 3.24. The van der Waals surface area contributed by atoms with Crippen molar-refractivity contribution >= 4 is 51.7 Å². The molecule has 0 bridgehead atoms. The minimum Gasteiger partial charge on any atom is -0.399 e. The molecule has 0 unspecified atom stereocenters. The van der Waals surface area contributed by atoms with E-state index in [9.17, 15) is 4.79 Å². The van der Waals surface area contributed by atoms with E-state index in [0.717, 1.165) is 24.2 Å². The van der Waals surface area contributed by atoms with Gasteiger partial charge in [0, 0.05) is 38.4 Å². The standard InChI is InChI=1S/C30H33N5OS2/c1-4-32-26-16-15-24(31)18-27(26)33-30-35(19-23-13-9-6-10-14-23)29(36)28(38-30)21-37-20-25(34(2)3)17-22-11-7-5-8-12-22/h5-16,18,20-21,32H,4,17,19,31H2,1-3H3/b25-20-,28-21-,33-30-. The molecule has 8 heteroatoms. The Morgan fingerprint density at radius 1 is 1.05 bits per heavy atom. The van der Waals surface area contributed by atoms with Crippen LogP contribution in [0.4, 0.5) is 17.1 Å². The first-order chi connectivity index (χ1) is 18.4. The largest absolute Gasteiger partial charge is 0.399 e. The van der Waals surface area contributed by atoms with Crippen molar-refractivity contribution in [3.05, 3.63) is 111 Å². The molecule has 3 aromatic rings. The van der Waals surface area contributed by atoms with E-state index in [1.54, 1.807) is 4.90 Å². The van der Waals surface area contributed by atoms with E-state index in [1.165, 1.54) is 34.8 Å². The van der Waals surface area contributed by atoms with Crippen LogP contribution in [0.1, 0.15) is 18.1 Å². The number of nitrogen functional groups attached to an aromatic ring is 1. The van der Waals surface area contributed by atoms with Gasteiger partial charge in [0.2, 0.25) is 0 Å². The molecule has 3 aromatic carbocycles. The van der Waals surface area contributed by atoms with Gasteiger partial charge in [-0.2, -0.15) is 0 Å². The van der Waals surface area contributed by atoms with E-state index in [4.69, 9.17) is 10.7 Å². The number of thioether (sulfide) groups is 2. The van der Waals surface area contributed by atoms with E-state index in [2.05, 4.69) is 39.9 Å². The van der Waals surface area contributed by atoms with Gasteiger partial charge in [-0.1, -0.05) is 60.7 Å². The van der Waals surface area contributed by atoms with Crippen LogP contribution >= 0.6 is 23.5 Å². The number of allylic oxidation sites excluding steroid dienone is 1. The Balaban J connectivity index is 1.62. The summed E-state index contributed by atoms with van der Waals surface area (Å²) in [6.07, 6.45) is 0.820. The highest BCUT2D eigenvalue weighted by atomic mass is 32.2. The van der Waals surface area contributed by atoms with Gasteiger partial charge in [-0.15, -0.1) is 11.8 Å². The van der Waals surface area contributed by atoms with Crippen molar-refractivity contribution in [3.63, 3.8) is 0 Å². The maximum Gasteiger partial charge on any atom is 0.267 e. The molecule has 196 valence electrons. The summed E-state index contributed by atoms with van der Waals surface area (Å²) in [5, 5.41) is 8.00. The third kappa shape index (κ3) is 7.24. The van der Waals surface area contributed by atoms with Crippen molar-refractivity contribution < 1.29 is 4.79 Å². The number of nitrogens with zero attached hydrogens (tertiary/aromatic N) is 3. The van der Waals surface area contributed by atoms with Crippen molar-refractivity contribution in [2.45, 2.75) is 19.9 Å². The topological polar surface area (TPSA) is 74.0 Å². The second-order valence-corrected chi connectivity index (χ2v) is 10.7. The lowest BCUT2D eigenvalue weighted by atomic mass is 10.1. The molecule has 1 heterocycles. The van der Waals surface area contributed by atoms with Gasteiger partial charge >= 0.3 is 0 Å². The van der Waals surface area contributed by atoms with Gasteiger partial charge in [0.15, 0.2) is 5.17 Å². The van der Waals surface area contributed by atoms with E-state index in [-0.39, 0.29) is 5.91 Å². The fourth-order valence-corrected chi connectivity index (χ4v) is 5.75. The van der Waals surface area contributed by atoms with Gasteiger partial charge in [0.1, 0.15) is 0 Å². The number of carbonyl (C=O) groups is 1. The van der Waals surface area contributed by atoms with Crippen molar-refractivity contribution in [1.82, 2.24) is 9.80 Å². The number of carbonyl (C=O) groups excluding carboxylic acids is 1. The number of hydrogen-bond acceptors (Lipinski definition) is 7. The van der Waals surface area contributed by atoms with Crippen LogP contribution in [0.15, 0.2) is 105 Å². The Morgan fingerprint density at radius 3 is 2.39 bits per heavy atom. The van der Waals surface area contributed by atoms with Crippen LogP contribution in [0.25, 0.3) is 0 Å². The maximum atomic E-state index is 13.6. The molecule has 6 nitrogen and oxygen atoms in total. The van der Waals surface area contributed by atoms with Gasteiger partial charge in [0.05, 0.1) is 22.8 Å². The predicted molar refractivity (Wildman–Crippen MR) is 164 cm³/mol. The molecule has 1 aliphatic rings. The van der Waals surface area contributed by atoms with Gasteiger partial charge in [-0.25, -0.2) is 4.99 Å². The summed E-state index contributed by atoms with van der Waals surface area (Å²) in [7, 11) is 4.08. The molecule has 3 N–H and O–H groups in total. The zero-order chi connectivity index (χ0) is 26.9. The highest BCUT2D eigenvalue weighted by Crippen LogP contribution is 2.37. The van der Waals surface area contributed by atoms with Crippen molar-refractivity contribution in [1.29, 1.82) is 0 Å². The number of nitrogens with two attached hydrogens (primary N) is 1. The fourth-order valence-electron chi connectivity index (χ4n) is 3.85. The zero-order valence-electron chi connectivity index (χ0n) is 21.9. The minimum absolute atomic E-state index is 0.0538. The number of hydrogen-bond donors (Lipinski definition) is 2. The van der Waals surface area contributed by atoms with Crippen LogP contribution in [-0.4, -0.2) is 41.5 Å². The van der Waals surface area contributed by atoms with Crippen LogP contribution in [0.5, 0.6) is 0 Å². The van der Waals surface area contributed by atoms with E-state index >= 15 is 0 Å². The summed E-state index contributed by atoms with van der Waals surface area (Å²) >= 11 is 2.91. The molecule has 0 aliphatic carbocycles. The van der Waals surface area contributed by atoms with Gasteiger partial charge < -0.3 is 16.0 Å². The summed E-state index contributed by atoms with van der Waals surface area (Å²) < 4.78 is 0. The molecule has 0 spiro atoms. The maximum absolute atomic E-state index is 13.6. The number of anilines is 2. The average molecular weight is 544 g/mol. The zero-order valence-corrected chi connectivity index (χ0v) is 23.6. The first-order valence-corrected chi connectivity index (χ1v) is 14.2. The Morgan fingerprint density at radius 2 is 1.74 bits per heavy atom. The molecule has 1 saturated heterocycles. The van der Waals surface area contributed by atoms with E-state index in [1.807, 2.05) is 81.0 Å². The molecular weight excluding hydrogens is 510 g/mol. The summed E-state index contributed by atoms with van der Waals surface area (Å²) in [4.78, 5) is 23.0. The average Bonchev–Trinajstić information content (AvgIpc) is 3.20. The van der Waals surface area contributed by atoms with E-state index < -0.39 is 0 Å². The minimum atomic E-state index is -0.0538. The second kappa shape index (κ2) is 13.3. The second-order valence-electron chi connectivity index (χ2n) is 8.96. The molecule has 0 radical (unpaired) electrons. The van der Waals surface area contributed by atoms with Crippen LogP contribution in [0.2, 0.25) is 0 Å². The van der Waals surface area contributed by atoms with Crippen LogP contribution < -0.4 is 11.1 Å². The number of amidine groups is 1. The molecule has 38 heavy (non-hydrogen) atoms. The number of amides is 1. The SMILES string of the molecule is CCNc1ccc(N)cc1/N=C1\S/C(=C\S/C=C(/Cc2ccccc2)N(C)C)C(=O)N1Cc1ccccc1. The van der Waals surface area contributed by atoms with Crippen LogP contribution in [0.3, 0.4) is 0 Å². The molecule has 0 atom stereocenters. The number of nitrogens with one attached hydrogen (secondary N) is 1. The molecule has 1 amide bonds. The molecule has 1 fully saturated rings. The fraction of sp³-hybridized carbons (Fsp3) is 0.200. The number of likely N-dealkylation sites (N-methyl/N-ethyl adjacent to an activating group) is 1. The monoisotopic (exact) mass is 543 g/mol. The quantitative estimate of drug-likeness (QED) is 0.219. The Bertz CT molecular complexity index is 1340. The third-order valence-corrected chi connectivity index (χ3v) is 7.79. The predicted octanol–water partition coefficient (Wildman–Crippen LogP) is 6.68. The van der Waals surface area contributed by atoms with Gasteiger partial charge in [-0.3, -0.25) is 9.69 Å². The normalized spacial score (nSPS) is 15.9. The molecular formula is C30H33N5OS2. The first kappa shape index (κ1) is 27.4. The number of aliphatic imine (C=N–C) groups is 1. The highest BCUT2D eigenvalue weighted by molar-refractivity contribution is 8.19. The lowest BCUT2D eigenvalue weighted by Gasteiger charge is -2.17. The Labute approximate surface area is 233 Å². The molecule has 0 aromatic heterocycles. The van der Waals surface area contributed by atoms with Crippen molar-refractivity contribution in [3.8, 4) is 0 Å². The van der Waals surface area contributed by atoms with Gasteiger partial charge in [0.25, 0.3) is 5.91 Å². The molecule has 4 rings (SSSR count). The summed E-state index contributed by atoms with van der Waals surface area (Å²) in [5.41, 5.74) is 11.7. The van der Waals surface area contributed by atoms with Crippen LogP contribution in [0, 0.1) is 0 Å². The number of rotatable bonds is 10. The smallest absolute Gasteiger partial charge is 0.267 e. The van der Waals surface area contributed by atoms with Gasteiger partial charge in [-0.05, 0) is 58.8 Å². The molecule has 0 saturated carbocycles. The van der Waals surface area contributed by atoms with Crippen LogP contribution in [-0.2, 0) is 17.8 Å². The number of benzene rings is 3. The summed E-state index contributed by atoms with van der Waals surface area (Å²) in [6, 6.07) is 26.0. The lowest BCUT2D eigenvalue weighted by Crippen LogP contribution is -2.28. The third-order valence-electron chi connectivity index (χ3n) is 5.86. The molecule has 1 aliphatic heterocycles. The first-order valence-electron chi connectivity index (χ1n) is 12.5. The van der Waals surface area contributed by atoms with Crippen molar-refractivity contribution in [2.24, 2.45) is 4.99 Å². The van der Waals surface area contributed by atoms with Crippen molar-refractivity contribution in [2.75, 3.05) is 31.7 Å². The lowest BCUT2D eigenvalue weighted by molar-refractivity contribution is -0.122. The Kier molecular flexibility index (Phi) is 9.56. The van der Waals surface area contributed by atoms with E-state index in [0.29, 0.717) is 28.0 Å². The highest BCUT2D eigenvalue weighted by Gasteiger charge is 2.33.